The van der Waals surface area contributed by atoms with E-state index in [1.54, 1.807) is 14.2 Å². The number of anilines is 1. The van der Waals surface area contributed by atoms with Crippen LogP contribution < -0.4 is 14.4 Å². The smallest absolute Gasteiger partial charge is 0.227 e. The van der Waals surface area contributed by atoms with Gasteiger partial charge in [0, 0.05) is 31.6 Å². The van der Waals surface area contributed by atoms with Gasteiger partial charge in [-0.3, -0.25) is 4.79 Å². The van der Waals surface area contributed by atoms with Gasteiger partial charge in [-0.2, -0.15) is 0 Å². The molecule has 3 heterocycles. The summed E-state index contributed by atoms with van der Waals surface area (Å²) in [5.74, 6) is 2.76. The SMILES string of the molecule is COc1ccc(OC)c2c(C)cc(N3C[C@H]4CCC[C@@H](C3)N(C)C4=O)nc12. The van der Waals surface area contributed by atoms with Gasteiger partial charge in [0.1, 0.15) is 22.8 Å². The summed E-state index contributed by atoms with van der Waals surface area (Å²) in [5, 5.41) is 0.976. The Morgan fingerprint density at radius 2 is 1.85 bits per heavy atom. The fourth-order valence-electron chi connectivity index (χ4n) is 4.51. The van der Waals surface area contributed by atoms with Gasteiger partial charge in [0.05, 0.1) is 20.1 Å². The molecule has 2 aromatic rings. The van der Waals surface area contributed by atoms with Gasteiger partial charge in [0.15, 0.2) is 0 Å². The lowest BCUT2D eigenvalue weighted by Crippen LogP contribution is -2.40. The highest BCUT2D eigenvalue weighted by Crippen LogP contribution is 2.37. The van der Waals surface area contributed by atoms with Crippen molar-refractivity contribution in [2.75, 3.05) is 39.3 Å². The van der Waals surface area contributed by atoms with Crippen LogP contribution in [0.4, 0.5) is 5.82 Å². The zero-order valence-electron chi connectivity index (χ0n) is 16.5. The molecule has 27 heavy (non-hydrogen) atoms. The first kappa shape index (κ1) is 17.9. The van der Waals surface area contributed by atoms with Gasteiger partial charge in [0.2, 0.25) is 5.91 Å². The Morgan fingerprint density at radius 1 is 1.11 bits per heavy atom. The highest BCUT2D eigenvalue weighted by atomic mass is 16.5. The molecule has 2 saturated heterocycles. The van der Waals surface area contributed by atoms with E-state index in [2.05, 4.69) is 17.9 Å². The predicted octanol–water partition coefficient (Wildman–Crippen LogP) is 3.01. The molecule has 0 aliphatic carbocycles. The van der Waals surface area contributed by atoms with Gasteiger partial charge in [-0.05, 0) is 43.5 Å². The second kappa shape index (κ2) is 6.91. The average molecular weight is 369 g/mol. The topological polar surface area (TPSA) is 54.9 Å². The summed E-state index contributed by atoms with van der Waals surface area (Å²) in [7, 11) is 5.28. The number of nitrogens with zero attached hydrogens (tertiary/aromatic N) is 3. The summed E-state index contributed by atoms with van der Waals surface area (Å²) < 4.78 is 11.1. The van der Waals surface area contributed by atoms with Crippen molar-refractivity contribution < 1.29 is 14.3 Å². The number of aryl methyl sites for hydroxylation is 1. The second-order valence-corrected chi connectivity index (χ2v) is 7.63. The average Bonchev–Trinajstić information content (AvgIpc) is 2.85. The molecule has 6 heteroatoms. The molecule has 144 valence electrons. The first-order chi connectivity index (χ1) is 13.0. The number of benzene rings is 1. The van der Waals surface area contributed by atoms with E-state index in [9.17, 15) is 4.79 Å². The van der Waals surface area contributed by atoms with Gasteiger partial charge >= 0.3 is 0 Å². The second-order valence-electron chi connectivity index (χ2n) is 7.63. The molecule has 2 aliphatic rings. The van der Waals surface area contributed by atoms with Crippen LogP contribution in [0.3, 0.4) is 0 Å². The minimum absolute atomic E-state index is 0.0486. The van der Waals surface area contributed by atoms with Gasteiger partial charge in [-0.15, -0.1) is 0 Å². The first-order valence-electron chi connectivity index (χ1n) is 9.57. The van der Waals surface area contributed by atoms with Crippen LogP contribution in [-0.2, 0) is 4.79 Å². The van der Waals surface area contributed by atoms with Crippen molar-refractivity contribution in [2.45, 2.75) is 32.2 Å². The predicted molar refractivity (Wildman–Crippen MR) is 106 cm³/mol. The lowest BCUT2D eigenvalue weighted by atomic mass is 9.99. The summed E-state index contributed by atoms with van der Waals surface area (Å²) in [6.07, 6.45) is 3.13. The summed E-state index contributed by atoms with van der Waals surface area (Å²) in [6.45, 7) is 3.62. The summed E-state index contributed by atoms with van der Waals surface area (Å²) in [6, 6.07) is 6.16. The summed E-state index contributed by atoms with van der Waals surface area (Å²) >= 11 is 0. The van der Waals surface area contributed by atoms with Crippen LogP contribution in [0.25, 0.3) is 10.9 Å². The Bertz CT molecular complexity index is 883. The zero-order chi connectivity index (χ0) is 19.1. The minimum atomic E-state index is 0.0486. The largest absolute Gasteiger partial charge is 0.496 e. The van der Waals surface area contributed by atoms with Gasteiger partial charge in [-0.1, -0.05) is 6.42 Å². The molecule has 1 aromatic heterocycles. The molecule has 0 saturated carbocycles. The molecule has 6 nitrogen and oxygen atoms in total. The normalized spacial score (nSPS) is 22.7. The van der Waals surface area contributed by atoms with E-state index in [0.29, 0.717) is 0 Å². The molecule has 1 aromatic carbocycles. The maximum absolute atomic E-state index is 12.7. The van der Waals surface area contributed by atoms with Crippen molar-refractivity contribution in [3.05, 3.63) is 23.8 Å². The van der Waals surface area contributed by atoms with Crippen molar-refractivity contribution in [1.29, 1.82) is 0 Å². The van der Waals surface area contributed by atoms with Crippen LogP contribution >= 0.6 is 0 Å². The number of likely N-dealkylation sites (N-methyl/N-ethyl adjacent to an activating group) is 1. The molecule has 2 aliphatic heterocycles. The number of methoxy groups -OCH3 is 2. The Labute approximate surface area is 160 Å². The zero-order valence-corrected chi connectivity index (χ0v) is 16.5. The number of aromatic nitrogens is 1. The lowest BCUT2D eigenvalue weighted by Gasteiger charge is -2.30. The Hall–Kier alpha value is -2.50. The molecule has 0 unspecified atom stereocenters. The van der Waals surface area contributed by atoms with E-state index in [1.807, 2.05) is 24.1 Å². The minimum Gasteiger partial charge on any atom is -0.496 e. The number of carbonyl (C=O) groups excluding carboxylic acids is 1. The van der Waals surface area contributed by atoms with E-state index >= 15 is 0 Å². The highest BCUT2D eigenvalue weighted by Gasteiger charge is 2.37. The van der Waals surface area contributed by atoms with Crippen molar-refractivity contribution in [1.82, 2.24) is 9.88 Å². The maximum atomic E-state index is 12.7. The Kier molecular flexibility index (Phi) is 4.58. The standard InChI is InChI=1S/C21H27N3O3/c1-13-10-18(22-20-17(27-4)9-8-16(26-3)19(13)20)24-11-14-6-5-7-15(12-24)23(2)21(14)25/h8-10,14-15H,5-7,11-12H2,1-4H3/t14-,15+/m1/s1. The number of pyridine rings is 1. The van der Waals surface area contributed by atoms with E-state index in [4.69, 9.17) is 14.5 Å². The van der Waals surface area contributed by atoms with Crippen molar-refractivity contribution >= 4 is 22.6 Å². The van der Waals surface area contributed by atoms with E-state index in [1.165, 1.54) is 0 Å². The number of rotatable bonds is 3. The van der Waals surface area contributed by atoms with Crippen molar-refractivity contribution in [2.24, 2.45) is 5.92 Å². The van der Waals surface area contributed by atoms with Crippen molar-refractivity contribution in [3.8, 4) is 11.5 Å². The number of hydrogen-bond acceptors (Lipinski definition) is 5. The van der Waals surface area contributed by atoms with E-state index < -0.39 is 0 Å². The molecule has 2 atom stereocenters. The lowest BCUT2D eigenvalue weighted by molar-refractivity contribution is -0.134. The third-order valence-electron chi connectivity index (χ3n) is 6.04. The Morgan fingerprint density at radius 3 is 2.59 bits per heavy atom. The Balaban J connectivity index is 1.81. The molecular formula is C21H27N3O3. The fraction of sp³-hybridized carbons (Fsp3) is 0.524. The molecule has 0 radical (unpaired) electrons. The molecule has 2 bridgehead atoms. The monoisotopic (exact) mass is 369 g/mol. The van der Waals surface area contributed by atoms with Crippen LogP contribution in [0.2, 0.25) is 0 Å². The number of hydrogen-bond donors (Lipinski definition) is 0. The van der Waals surface area contributed by atoms with E-state index in [-0.39, 0.29) is 17.9 Å². The number of carbonyl (C=O) groups is 1. The molecular weight excluding hydrogens is 342 g/mol. The quantitative estimate of drug-likeness (QED) is 0.832. The van der Waals surface area contributed by atoms with Gasteiger partial charge in [-0.25, -0.2) is 4.98 Å². The molecule has 0 N–H and O–H groups in total. The summed E-state index contributed by atoms with van der Waals surface area (Å²) in [4.78, 5) is 21.9. The molecule has 1 amide bonds. The number of ether oxygens (including phenoxy) is 2. The van der Waals surface area contributed by atoms with Crippen LogP contribution in [-0.4, -0.2) is 56.2 Å². The van der Waals surface area contributed by atoms with Crippen LogP contribution in [0.5, 0.6) is 11.5 Å². The van der Waals surface area contributed by atoms with Crippen LogP contribution in [0.15, 0.2) is 18.2 Å². The molecule has 4 rings (SSSR count). The molecule has 2 fully saturated rings. The third kappa shape index (κ3) is 2.97. The number of amides is 1. The van der Waals surface area contributed by atoms with Gasteiger partial charge in [0.25, 0.3) is 0 Å². The van der Waals surface area contributed by atoms with Crippen LogP contribution in [0.1, 0.15) is 24.8 Å². The van der Waals surface area contributed by atoms with Gasteiger partial charge < -0.3 is 19.3 Å². The fourth-order valence-corrected chi connectivity index (χ4v) is 4.51. The maximum Gasteiger partial charge on any atom is 0.227 e. The van der Waals surface area contributed by atoms with Crippen molar-refractivity contribution in [3.63, 3.8) is 0 Å². The number of fused-ring (bicyclic) bond motifs is 4. The van der Waals surface area contributed by atoms with E-state index in [0.717, 1.165) is 66.1 Å². The first-order valence-corrected chi connectivity index (χ1v) is 9.57. The third-order valence-corrected chi connectivity index (χ3v) is 6.04. The molecule has 0 spiro atoms. The van der Waals surface area contributed by atoms with Crippen LogP contribution in [0, 0.1) is 12.8 Å². The highest BCUT2D eigenvalue weighted by molar-refractivity contribution is 5.94. The summed E-state index contributed by atoms with van der Waals surface area (Å²) in [5.41, 5.74) is 1.90.